The Kier molecular flexibility index (Phi) is 6.81. The van der Waals surface area contributed by atoms with E-state index in [0.29, 0.717) is 41.3 Å². The molecule has 9 heteroatoms. The van der Waals surface area contributed by atoms with Crippen LogP contribution in [0.2, 0.25) is 0 Å². The Bertz CT molecular complexity index is 1200. The van der Waals surface area contributed by atoms with Crippen molar-refractivity contribution in [3.8, 4) is 0 Å². The number of allylic oxidation sites excluding steroid dienone is 1. The lowest BCUT2D eigenvalue weighted by Gasteiger charge is -2.30. The largest absolute Gasteiger partial charge is 0.390 e. The SMILES string of the molecule is N=C(/C=C\NCc1ccccc1)c1cn([C@@H]2C[C@H](C3CCNCC3)[C@@H](O)[C@H]2O)c2ncnc(N)c12. The maximum Gasteiger partial charge on any atom is 0.146 e. The number of hydrogen-bond donors (Lipinski definition) is 6. The van der Waals surface area contributed by atoms with Crippen LogP contribution in [-0.4, -0.2) is 55.8 Å². The van der Waals surface area contributed by atoms with E-state index in [1.54, 1.807) is 12.3 Å². The Morgan fingerprint density at radius 2 is 1.94 bits per heavy atom. The van der Waals surface area contributed by atoms with Crippen molar-refractivity contribution >= 4 is 22.6 Å². The first-order valence-corrected chi connectivity index (χ1v) is 12.2. The fourth-order valence-corrected chi connectivity index (χ4v) is 5.63. The first kappa shape index (κ1) is 23.5. The van der Waals surface area contributed by atoms with Crippen LogP contribution in [0.25, 0.3) is 11.0 Å². The van der Waals surface area contributed by atoms with E-state index in [-0.39, 0.29) is 17.7 Å². The van der Waals surface area contributed by atoms with Crippen LogP contribution in [0.3, 0.4) is 0 Å². The van der Waals surface area contributed by atoms with Gasteiger partial charge in [0, 0.05) is 18.3 Å². The second kappa shape index (κ2) is 10.2. The summed E-state index contributed by atoms with van der Waals surface area (Å²) in [4.78, 5) is 8.60. The van der Waals surface area contributed by atoms with Gasteiger partial charge < -0.3 is 36.6 Å². The zero-order valence-electron chi connectivity index (χ0n) is 19.6. The van der Waals surface area contributed by atoms with Gasteiger partial charge in [0.1, 0.15) is 23.9 Å². The topological polar surface area (TPSA) is 145 Å². The monoisotopic (exact) mass is 475 g/mol. The van der Waals surface area contributed by atoms with Crippen LogP contribution in [0.5, 0.6) is 0 Å². The Labute approximate surface area is 204 Å². The van der Waals surface area contributed by atoms with Gasteiger partial charge in [0.25, 0.3) is 0 Å². The van der Waals surface area contributed by atoms with Gasteiger partial charge >= 0.3 is 0 Å². The highest BCUT2D eigenvalue weighted by atomic mass is 16.3. The molecule has 2 fully saturated rings. The molecule has 2 aliphatic rings. The van der Waals surface area contributed by atoms with Crippen LogP contribution in [0.1, 0.15) is 36.4 Å². The second-order valence-electron chi connectivity index (χ2n) is 9.56. The molecule has 35 heavy (non-hydrogen) atoms. The fourth-order valence-electron chi connectivity index (χ4n) is 5.63. The van der Waals surface area contributed by atoms with Crippen LogP contribution >= 0.6 is 0 Å². The normalized spacial score (nSPS) is 25.4. The molecule has 7 N–H and O–H groups in total. The number of aliphatic hydroxyl groups is 2. The van der Waals surface area contributed by atoms with Crippen molar-refractivity contribution in [3.05, 3.63) is 66.3 Å². The number of hydrogen-bond acceptors (Lipinski definition) is 8. The van der Waals surface area contributed by atoms with Crippen LogP contribution in [0, 0.1) is 17.2 Å². The third kappa shape index (κ3) is 4.67. The highest BCUT2D eigenvalue weighted by molar-refractivity contribution is 6.16. The van der Waals surface area contributed by atoms with Crippen molar-refractivity contribution in [1.29, 1.82) is 5.41 Å². The lowest BCUT2D eigenvalue weighted by Crippen LogP contribution is -2.37. The number of nitrogens with one attached hydrogen (secondary N) is 3. The highest BCUT2D eigenvalue weighted by Crippen LogP contribution is 2.43. The molecule has 0 spiro atoms. The predicted octanol–water partition coefficient (Wildman–Crippen LogP) is 1.97. The van der Waals surface area contributed by atoms with E-state index in [4.69, 9.17) is 11.1 Å². The predicted molar refractivity (Wildman–Crippen MR) is 136 cm³/mol. The van der Waals surface area contributed by atoms with E-state index in [1.165, 1.54) is 6.33 Å². The van der Waals surface area contributed by atoms with Crippen LogP contribution in [0.4, 0.5) is 5.82 Å². The van der Waals surface area contributed by atoms with Gasteiger partial charge in [-0.2, -0.15) is 0 Å². The summed E-state index contributed by atoms with van der Waals surface area (Å²) in [6.07, 6.45) is 7.62. The number of piperidine rings is 1. The second-order valence-corrected chi connectivity index (χ2v) is 9.56. The van der Waals surface area contributed by atoms with E-state index >= 15 is 0 Å². The van der Waals surface area contributed by atoms with E-state index in [9.17, 15) is 10.2 Å². The number of rotatable bonds is 7. The summed E-state index contributed by atoms with van der Waals surface area (Å²) in [6.45, 7) is 2.54. The molecule has 3 heterocycles. The maximum atomic E-state index is 11.0. The molecule has 3 aromatic rings. The van der Waals surface area contributed by atoms with Gasteiger partial charge in [0.2, 0.25) is 0 Å². The molecular formula is C26H33N7O2. The molecule has 0 amide bonds. The Balaban J connectivity index is 1.39. The summed E-state index contributed by atoms with van der Waals surface area (Å²) >= 11 is 0. The summed E-state index contributed by atoms with van der Waals surface area (Å²) in [7, 11) is 0. The fraction of sp³-hybridized carbons (Fsp3) is 0.423. The number of nitrogen functional groups attached to an aromatic ring is 1. The number of anilines is 1. The number of aliphatic hydroxyl groups excluding tert-OH is 2. The quantitative estimate of drug-likeness (QED) is 0.287. The van der Waals surface area contributed by atoms with Gasteiger partial charge in [-0.05, 0) is 62.0 Å². The van der Waals surface area contributed by atoms with E-state index < -0.39 is 12.2 Å². The van der Waals surface area contributed by atoms with Gasteiger partial charge in [-0.3, -0.25) is 0 Å². The minimum absolute atomic E-state index is 0.0266. The molecule has 1 saturated carbocycles. The number of benzene rings is 1. The van der Waals surface area contributed by atoms with Gasteiger partial charge in [-0.1, -0.05) is 30.3 Å². The average molecular weight is 476 g/mol. The molecule has 0 unspecified atom stereocenters. The molecule has 4 atom stereocenters. The van der Waals surface area contributed by atoms with Crippen molar-refractivity contribution in [1.82, 2.24) is 25.2 Å². The minimum atomic E-state index is -0.910. The van der Waals surface area contributed by atoms with E-state index in [1.807, 2.05) is 41.1 Å². The molecule has 0 bridgehead atoms. The number of nitrogens with two attached hydrogens (primary N) is 1. The van der Waals surface area contributed by atoms with Crippen molar-refractivity contribution in [2.45, 2.75) is 44.1 Å². The van der Waals surface area contributed by atoms with Gasteiger partial charge in [0.05, 0.1) is 23.2 Å². The molecule has 184 valence electrons. The van der Waals surface area contributed by atoms with E-state index in [2.05, 4.69) is 20.6 Å². The zero-order chi connectivity index (χ0) is 24.4. The summed E-state index contributed by atoms with van der Waals surface area (Å²) < 4.78 is 1.89. The van der Waals surface area contributed by atoms with Crippen LogP contribution < -0.4 is 16.4 Å². The van der Waals surface area contributed by atoms with Crippen molar-refractivity contribution in [2.75, 3.05) is 18.8 Å². The Morgan fingerprint density at radius 1 is 1.17 bits per heavy atom. The molecule has 1 aliphatic heterocycles. The molecule has 0 radical (unpaired) electrons. The van der Waals surface area contributed by atoms with Crippen molar-refractivity contribution in [3.63, 3.8) is 0 Å². The maximum absolute atomic E-state index is 11.0. The molecule has 1 saturated heterocycles. The standard InChI is InChI=1S/C26H33N7O2/c27-20(8-11-30-13-16-4-2-1-3-5-16)19-14-33(26-22(19)25(28)31-15-32-26)21-12-18(23(34)24(21)35)17-6-9-29-10-7-17/h1-5,8,11,14-15,17-18,21,23-24,27,29-30,34-35H,6-7,9-10,12-13H2,(H2,28,31,32)/b11-8-,27-20?/t18-,21-,23-,24+/m1/s1. The Morgan fingerprint density at radius 3 is 2.71 bits per heavy atom. The first-order chi connectivity index (χ1) is 17.0. The van der Waals surface area contributed by atoms with Crippen LogP contribution in [0.15, 0.2) is 55.1 Å². The summed E-state index contributed by atoms with van der Waals surface area (Å²) in [5, 5.41) is 37.8. The summed E-state index contributed by atoms with van der Waals surface area (Å²) in [5.74, 6) is 0.699. The number of aromatic nitrogens is 3. The molecule has 1 aliphatic carbocycles. The minimum Gasteiger partial charge on any atom is -0.390 e. The average Bonchev–Trinajstić information content (AvgIpc) is 3.41. The molecule has 9 nitrogen and oxygen atoms in total. The smallest absolute Gasteiger partial charge is 0.146 e. The molecule has 1 aromatic carbocycles. The van der Waals surface area contributed by atoms with E-state index in [0.717, 1.165) is 31.5 Å². The third-order valence-electron chi connectivity index (χ3n) is 7.49. The van der Waals surface area contributed by atoms with Crippen molar-refractivity contribution in [2.24, 2.45) is 11.8 Å². The Hall–Kier alpha value is -3.27. The van der Waals surface area contributed by atoms with Gasteiger partial charge in [-0.15, -0.1) is 0 Å². The first-order valence-electron chi connectivity index (χ1n) is 12.2. The number of fused-ring (bicyclic) bond motifs is 1. The zero-order valence-corrected chi connectivity index (χ0v) is 19.6. The lowest BCUT2D eigenvalue weighted by atomic mass is 9.82. The van der Waals surface area contributed by atoms with Gasteiger partial charge in [-0.25, -0.2) is 9.97 Å². The van der Waals surface area contributed by atoms with Crippen LogP contribution in [-0.2, 0) is 6.54 Å². The summed E-state index contributed by atoms with van der Waals surface area (Å²) in [6, 6.07) is 9.69. The summed E-state index contributed by atoms with van der Waals surface area (Å²) in [5.41, 5.74) is 8.81. The molecule has 2 aromatic heterocycles. The molecule has 5 rings (SSSR count). The molecular weight excluding hydrogens is 442 g/mol. The lowest BCUT2D eigenvalue weighted by molar-refractivity contribution is -0.00768. The highest BCUT2D eigenvalue weighted by Gasteiger charge is 2.46. The number of nitrogens with zero attached hydrogens (tertiary/aromatic N) is 3. The van der Waals surface area contributed by atoms with Crippen molar-refractivity contribution < 1.29 is 10.2 Å². The third-order valence-corrected chi connectivity index (χ3v) is 7.49. The van der Waals surface area contributed by atoms with Gasteiger partial charge in [0.15, 0.2) is 0 Å².